The Morgan fingerprint density at radius 1 is 0.895 bits per heavy atom. The molecule has 38 heavy (non-hydrogen) atoms. The van der Waals surface area contributed by atoms with Crippen LogP contribution in [0.5, 0.6) is 11.5 Å². The van der Waals surface area contributed by atoms with Gasteiger partial charge in [-0.25, -0.2) is 4.98 Å². The molecule has 0 atom stereocenters. The van der Waals surface area contributed by atoms with E-state index in [0.717, 1.165) is 47.0 Å². The number of nitriles is 1. The minimum absolute atomic E-state index is 0.331. The maximum Gasteiger partial charge on any atom is 0.166 e. The van der Waals surface area contributed by atoms with E-state index in [9.17, 15) is 0 Å². The number of benzene rings is 2. The van der Waals surface area contributed by atoms with Crippen LogP contribution in [0.25, 0.3) is 22.5 Å². The Balaban J connectivity index is 1.62. The van der Waals surface area contributed by atoms with Crippen LogP contribution >= 0.6 is 11.6 Å². The smallest absolute Gasteiger partial charge is 0.166 e. The molecule has 2 aromatic heterocycles. The molecule has 196 valence electrons. The third kappa shape index (κ3) is 6.87. The molecule has 0 saturated heterocycles. The van der Waals surface area contributed by atoms with E-state index in [1.54, 1.807) is 0 Å². The van der Waals surface area contributed by atoms with Gasteiger partial charge in [0.2, 0.25) is 0 Å². The molecule has 0 saturated carbocycles. The van der Waals surface area contributed by atoms with Crippen molar-refractivity contribution in [3.8, 4) is 40.1 Å². The van der Waals surface area contributed by atoms with Crippen LogP contribution in [0.4, 0.5) is 5.82 Å². The molecule has 2 aromatic carbocycles. The average Bonchev–Trinajstić information content (AvgIpc) is 3.34. The molecule has 4 aromatic rings. The van der Waals surface area contributed by atoms with Crippen molar-refractivity contribution in [2.24, 2.45) is 0 Å². The molecule has 4 rings (SSSR count). The quantitative estimate of drug-likeness (QED) is 0.179. The fourth-order valence-electron chi connectivity index (χ4n) is 4.27. The van der Waals surface area contributed by atoms with Crippen molar-refractivity contribution in [1.29, 1.82) is 5.26 Å². The van der Waals surface area contributed by atoms with Gasteiger partial charge < -0.3 is 19.8 Å². The van der Waals surface area contributed by atoms with Gasteiger partial charge in [0.1, 0.15) is 5.75 Å². The summed E-state index contributed by atoms with van der Waals surface area (Å²) in [6.07, 6.45) is 4.49. The monoisotopic (exact) mass is 528 g/mol. The average molecular weight is 529 g/mol. The van der Waals surface area contributed by atoms with Crippen LogP contribution in [-0.4, -0.2) is 22.8 Å². The second-order valence-corrected chi connectivity index (χ2v) is 9.45. The number of hydrogen-bond acceptors (Lipinski definition) is 5. The number of halogens is 1. The maximum absolute atomic E-state index is 8.71. The highest BCUT2D eigenvalue weighted by Gasteiger charge is 2.16. The molecule has 0 unspecified atom stereocenters. The Labute approximate surface area is 229 Å². The Bertz CT molecular complexity index is 1380. The van der Waals surface area contributed by atoms with E-state index in [2.05, 4.69) is 46.8 Å². The molecule has 0 radical (unpaired) electrons. The number of nitrogen functional groups attached to an aromatic ring is 1. The number of pyridine rings is 1. The fourth-order valence-corrected chi connectivity index (χ4v) is 4.50. The summed E-state index contributed by atoms with van der Waals surface area (Å²) in [6.45, 7) is 3.84. The molecule has 2 N–H and O–H groups in total. The van der Waals surface area contributed by atoms with Gasteiger partial charge in [-0.05, 0) is 73.0 Å². The molecule has 7 heteroatoms. The SMILES string of the molecule is CCCCCOc1ccc(-c2ccc(-c3ccccc3Cl)n2Cc2ccc(OCCCC#N)c(N)n2)cc1. The molecular weight excluding hydrogens is 496 g/mol. The van der Waals surface area contributed by atoms with Crippen LogP contribution in [0.2, 0.25) is 5.02 Å². The van der Waals surface area contributed by atoms with E-state index in [-0.39, 0.29) is 0 Å². The largest absolute Gasteiger partial charge is 0.494 e. The molecule has 0 bridgehead atoms. The van der Waals surface area contributed by atoms with E-state index in [4.69, 9.17) is 32.1 Å². The van der Waals surface area contributed by atoms with Gasteiger partial charge in [0.15, 0.2) is 11.6 Å². The zero-order chi connectivity index (χ0) is 26.7. The van der Waals surface area contributed by atoms with E-state index in [1.165, 1.54) is 12.8 Å². The van der Waals surface area contributed by atoms with Crippen molar-refractivity contribution in [2.45, 2.75) is 45.6 Å². The van der Waals surface area contributed by atoms with Gasteiger partial charge in [0.05, 0.1) is 37.2 Å². The van der Waals surface area contributed by atoms with Gasteiger partial charge in [0.25, 0.3) is 0 Å². The lowest BCUT2D eigenvalue weighted by Crippen LogP contribution is -2.08. The number of aromatic nitrogens is 2. The Morgan fingerprint density at radius 2 is 1.66 bits per heavy atom. The standard InChI is InChI=1S/C31H33ClN4O2/c1-2-3-7-20-37-25-14-11-23(12-15-25)28-16-17-29(26-9-4-5-10-27(26)32)36(28)22-24-13-18-30(31(34)35-24)38-21-8-6-19-33/h4-5,9-18H,2-3,6-8,20-22H2,1H3,(H2,34,35). The summed E-state index contributed by atoms with van der Waals surface area (Å²) in [5.41, 5.74) is 11.1. The number of unbranched alkanes of at least 4 members (excludes halogenated alkanes) is 3. The molecule has 0 fully saturated rings. The number of hydrogen-bond donors (Lipinski definition) is 1. The van der Waals surface area contributed by atoms with Crippen molar-refractivity contribution in [1.82, 2.24) is 9.55 Å². The van der Waals surface area contributed by atoms with Crippen LogP contribution in [0.1, 0.15) is 44.7 Å². The molecule has 0 aliphatic carbocycles. The van der Waals surface area contributed by atoms with E-state index < -0.39 is 0 Å². The van der Waals surface area contributed by atoms with E-state index in [1.807, 2.05) is 48.5 Å². The van der Waals surface area contributed by atoms with E-state index in [0.29, 0.717) is 42.6 Å². The predicted molar refractivity (Wildman–Crippen MR) is 153 cm³/mol. The molecular formula is C31H33ClN4O2. The summed E-state index contributed by atoms with van der Waals surface area (Å²) >= 11 is 6.60. The third-order valence-corrected chi connectivity index (χ3v) is 6.58. The first-order valence-electron chi connectivity index (χ1n) is 13.0. The zero-order valence-electron chi connectivity index (χ0n) is 21.7. The van der Waals surface area contributed by atoms with Crippen molar-refractivity contribution < 1.29 is 9.47 Å². The van der Waals surface area contributed by atoms with Gasteiger partial charge >= 0.3 is 0 Å². The van der Waals surface area contributed by atoms with Crippen LogP contribution in [0.3, 0.4) is 0 Å². The topological polar surface area (TPSA) is 86.1 Å². The summed E-state index contributed by atoms with van der Waals surface area (Å²) < 4.78 is 13.8. The van der Waals surface area contributed by atoms with Crippen LogP contribution in [0.15, 0.2) is 72.8 Å². The summed E-state index contributed by atoms with van der Waals surface area (Å²) in [4.78, 5) is 4.62. The number of nitrogens with two attached hydrogens (primary N) is 1. The summed E-state index contributed by atoms with van der Waals surface area (Å²) in [5, 5.41) is 9.39. The Kier molecular flexibility index (Phi) is 9.66. The fraction of sp³-hybridized carbons (Fsp3) is 0.290. The second kappa shape index (κ2) is 13.6. The first-order chi connectivity index (χ1) is 18.6. The maximum atomic E-state index is 8.71. The first-order valence-corrected chi connectivity index (χ1v) is 13.4. The Morgan fingerprint density at radius 3 is 2.39 bits per heavy atom. The van der Waals surface area contributed by atoms with Gasteiger partial charge in [0, 0.05) is 22.7 Å². The lowest BCUT2D eigenvalue weighted by molar-refractivity contribution is 0.306. The van der Waals surface area contributed by atoms with Crippen molar-refractivity contribution in [2.75, 3.05) is 18.9 Å². The van der Waals surface area contributed by atoms with Crippen molar-refractivity contribution in [3.05, 3.63) is 83.5 Å². The first kappa shape index (κ1) is 27.1. The number of ether oxygens (including phenoxy) is 2. The number of anilines is 1. The molecule has 0 spiro atoms. The predicted octanol–water partition coefficient (Wildman–Crippen LogP) is 7.75. The molecule has 6 nitrogen and oxygen atoms in total. The van der Waals surface area contributed by atoms with Gasteiger partial charge in [-0.1, -0.05) is 49.6 Å². The van der Waals surface area contributed by atoms with Gasteiger partial charge in [-0.3, -0.25) is 0 Å². The van der Waals surface area contributed by atoms with E-state index >= 15 is 0 Å². The highest BCUT2D eigenvalue weighted by molar-refractivity contribution is 6.33. The second-order valence-electron chi connectivity index (χ2n) is 9.05. The Hall–Kier alpha value is -3.95. The lowest BCUT2D eigenvalue weighted by atomic mass is 10.1. The summed E-state index contributed by atoms with van der Waals surface area (Å²) in [7, 11) is 0. The van der Waals surface area contributed by atoms with Crippen LogP contribution in [-0.2, 0) is 6.54 Å². The molecule has 0 aliphatic heterocycles. The summed E-state index contributed by atoms with van der Waals surface area (Å²) in [5.74, 6) is 1.73. The van der Waals surface area contributed by atoms with Crippen molar-refractivity contribution >= 4 is 17.4 Å². The number of rotatable bonds is 13. The highest BCUT2D eigenvalue weighted by atomic mass is 35.5. The zero-order valence-corrected chi connectivity index (χ0v) is 22.5. The highest BCUT2D eigenvalue weighted by Crippen LogP contribution is 2.34. The normalized spacial score (nSPS) is 10.8. The molecule has 0 amide bonds. The number of nitrogens with zero attached hydrogens (tertiary/aromatic N) is 3. The minimum atomic E-state index is 0.331. The van der Waals surface area contributed by atoms with Crippen molar-refractivity contribution in [3.63, 3.8) is 0 Å². The summed E-state index contributed by atoms with van der Waals surface area (Å²) in [6, 6.07) is 26.1. The van der Waals surface area contributed by atoms with Gasteiger partial charge in [-0.2, -0.15) is 5.26 Å². The van der Waals surface area contributed by atoms with Crippen LogP contribution in [0, 0.1) is 11.3 Å². The lowest BCUT2D eigenvalue weighted by Gasteiger charge is -2.16. The van der Waals surface area contributed by atoms with Crippen LogP contribution < -0.4 is 15.2 Å². The third-order valence-electron chi connectivity index (χ3n) is 6.25. The van der Waals surface area contributed by atoms with Gasteiger partial charge in [-0.15, -0.1) is 0 Å². The molecule has 2 heterocycles. The molecule has 0 aliphatic rings. The minimum Gasteiger partial charge on any atom is -0.494 e.